The van der Waals surface area contributed by atoms with Gasteiger partial charge in [0.1, 0.15) is 5.82 Å². The molecule has 1 aromatic heterocycles. The Morgan fingerprint density at radius 3 is 2.95 bits per heavy atom. The van der Waals surface area contributed by atoms with Gasteiger partial charge in [-0.15, -0.1) is 0 Å². The van der Waals surface area contributed by atoms with Crippen molar-refractivity contribution in [1.29, 1.82) is 0 Å². The second-order valence-corrected chi connectivity index (χ2v) is 4.94. The van der Waals surface area contributed by atoms with Crippen LogP contribution in [0.3, 0.4) is 0 Å². The first kappa shape index (κ1) is 14.0. The largest absolute Gasteiger partial charge is 0.385 e. The van der Waals surface area contributed by atoms with Crippen molar-refractivity contribution in [2.45, 2.75) is 32.9 Å². The third-order valence-electron chi connectivity index (χ3n) is 3.43. The zero-order valence-electron chi connectivity index (χ0n) is 12.0. The topological polar surface area (TPSA) is 39.1 Å². The summed E-state index contributed by atoms with van der Waals surface area (Å²) in [6, 6.07) is 8.77. The summed E-state index contributed by atoms with van der Waals surface area (Å²) < 4.78 is 7.36. The van der Waals surface area contributed by atoms with Gasteiger partial charge in [-0.1, -0.05) is 12.1 Å². The molecule has 1 atom stereocenters. The van der Waals surface area contributed by atoms with Crippen molar-refractivity contribution >= 4 is 11.0 Å². The molecule has 1 N–H and O–H groups in total. The zero-order chi connectivity index (χ0) is 13.7. The zero-order valence-corrected chi connectivity index (χ0v) is 12.0. The molecule has 2 aromatic rings. The third-order valence-corrected chi connectivity index (χ3v) is 3.43. The Bertz CT molecular complexity index is 521. The van der Waals surface area contributed by atoms with Crippen LogP contribution < -0.4 is 5.32 Å². The quantitative estimate of drug-likeness (QED) is 0.831. The normalized spacial score (nSPS) is 13.0. The van der Waals surface area contributed by atoms with E-state index in [1.807, 2.05) is 6.07 Å². The Kier molecular flexibility index (Phi) is 4.93. The van der Waals surface area contributed by atoms with Crippen molar-refractivity contribution in [3.63, 3.8) is 0 Å². The van der Waals surface area contributed by atoms with Crippen LogP contribution in [0.5, 0.6) is 0 Å². The van der Waals surface area contributed by atoms with Crippen LogP contribution in [0.4, 0.5) is 0 Å². The number of benzene rings is 1. The van der Waals surface area contributed by atoms with Crippen LogP contribution >= 0.6 is 0 Å². The summed E-state index contributed by atoms with van der Waals surface area (Å²) in [5, 5.41) is 3.52. The van der Waals surface area contributed by atoms with Crippen LogP contribution in [0.15, 0.2) is 24.3 Å². The Morgan fingerprint density at radius 2 is 2.16 bits per heavy atom. The standard InChI is InChI=1S/C15H23N3O/c1-12(8-11-19-3)16-9-10-18-13(2)17-14-6-4-5-7-15(14)18/h4-7,12,16H,8-11H2,1-3H3. The van der Waals surface area contributed by atoms with Gasteiger partial charge in [-0.25, -0.2) is 4.98 Å². The first-order valence-corrected chi connectivity index (χ1v) is 6.86. The predicted octanol–water partition coefficient (Wildman–Crippen LogP) is 2.36. The molecule has 1 heterocycles. The van der Waals surface area contributed by atoms with Gasteiger partial charge < -0.3 is 14.6 Å². The monoisotopic (exact) mass is 261 g/mol. The molecule has 4 heteroatoms. The third kappa shape index (κ3) is 3.55. The van der Waals surface area contributed by atoms with Gasteiger partial charge in [0.25, 0.3) is 0 Å². The lowest BCUT2D eigenvalue weighted by molar-refractivity contribution is 0.185. The molecular formula is C15H23N3O. The smallest absolute Gasteiger partial charge is 0.106 e. The minimum Gasteiger partial charge on any atom is -0.385 e. The van der Waals surface area contributed by atoms with E-state index >= 15 is 0 Å². The number of aromatic nitrogens is 2. The highest BCUT2D eigenvalue weighted by Crippen LogP contribution is 2.14. The highest BCUT2D eigenvalue weighted by Gasteiger charge is 2.06. The minimum atomic E-state index is 0.482. The van der Waals surface area contributed by atoms with Crippen molar-refractivity contribution < 1.29 is 4.74 Å². The molecule has 0 spiro atoms. The van der Waals surface area contributed by atoms with Gasteiger partial charge >= 0.3 is 0 Å². The van der Waals surface area contributed by atoms with E-state index in [0.29, 0.717) is 6.04 Å². The second kappa shape index (κ2) is 6.68. The Balaban J connectivity index is 1.93. The van der Waals surface area contributed by atoms with E-state index in [0.717, 1.165) is 37.5 Å². The van der Waals surface area contributed by atoms with Gasteiger partial charge in [0.15, 0.2) is 0 Å². The molecule has 104 valence electrons. The lowest BCUT2D eigenvalue weighted by Gasteiger charge is -2.14. The summed E-state index contributed by atoms with van der Waals surface area (Å²) in [5.74, 6) is 1.08. The molecular weight excluding hydrogens is 238 g/mol. The molecule has 0 amide bonds. The van der Waals surface area contributed by atoms with Crippen LogP contribution in [0.1, 0.15) is 19.2 Å². The van der Waals surface area contributed by atoms with Crippen molar-refractivity contribution in [2.24, 2.45) is 0 Å². The van der Waals surface area contributed by atoms with Gasteiger partial charge in [0, 0.05) is 32.8 Å². The van der Waals surface area contributed by atoms with E-state index in [-0.39, 0.29) is 0 Å². The van der Waals surface area contributed by atoms with Gasteiger partial charge in [0.05, 0.1) is 11.0 Å². The SMILES string of the molecule is COCCC(C)NCCn1c(C)nc2ccccc21. The molecule has 4 nitrogen and oxygen atoms in total. The maximum absolute atomic E-state index is 5.09. The lowest BCUT2D eigenvalue weighted by atomic mass is 10.2. The van der Waals surface area contributed by atoms with Crippen LogP contribution in [0, 0.1) is 6.92 Å². The molecule has 0 saturated heterocycles. The van der Waals surface area contributed by atoms with E-state index < -0.39 is 0 Å². The van der Waals surface area contributed by atoms with Crippen molar-refractivity contribution in [1.82, 2.24) is 14.9 Å². The van der Waals surface area contributed by atoms with E-state index in [2.05, 4.69) is 46.9 Å². The maximum atomic E-state index is 5.09. The van der Waals surface area contributed by atoms with Gasteiger partial charge in [-0.3, -0.25) is 0 Å². The van der Waals surface area contributed by atoms with E-state index in [4.69, 9.17) is 4.74 Å². The molecule has 0 bridgehead atoms. The summed E-state index contributed by atoms with van der Waals surface area (Å²) in [5.41, 5.74) is 2.29. The predicted molar refractivity (Wildman–Crippen MR) is 78.4 cm³/mol. The molecule has 0 fully saturated rings. The van der Waals surface area contributed by atoms with Crippen LogP contribution in [-0.4, -0.2) is 35.9 Å². The number of methoxy groups -OCH3 is 1. The highest BCUT2D eigenvalue weighted by atomic mass is 16.5. The van der Waals surface area contributed by atoms with Crippen molar-refractivity contribution in [3.8, 4) is 0 Å². The van der Waals surface area contributed by atoms with E-state index in [1.54, 1.807) is 7.11 Å². The lowest BCUT2D eigenvalue weighted by Crippen LogP contribution is -2.30. The van der Waals surface area contributed by atoms with Crippen LogP contribution in [0.2, 0.25) is 0 Å². The fourth-order valence-corrected chi connectivity index (χ4v) is 2.30. The van der Waals surface area contributed by atoms with Crippen molar-refractivity contribution in [2.75, 3.05) is 20.3 Å². The first-order chi connectivity index (χ1) is 9.22. The van der Waals surface area contributed by atoms with E-state index in [1.165, 1.54) is 5.52 Å². The average molecular weight is 261 g/mol. The van der Waals surface area contributed by atoms with Gasteiger partial charge in [-0.05, 0) is 32.4 Å². The van der Waals surface area contributed by atoms with Crippen molar-refractivity contribution in [3.05, 3.63) is 30.1 Å². The number of fused-ring (bicyclic) bond motifs is 1. The number of rotatable bonds is 7. The van der Waals surface area contributed by atoms with E-state index in [9.17, 15) is 0 Å². The maximum Gasteiger partial charge on any atom is 0.106 e. The highest BCUT2D eigenvalue weighted by molar-refractivity contribution is 5.75. The summed E-state index contributed by atoms with van der Waals surface area (Å²) in [4.78, 5) is 4.58. The second-order valence-electron chi connectivity index (χ2n) is 4.94. The fourth-order valence-electron chi connectivity index (χ4n) is 2.30. The minimum absolute atomic E-state index is 0.482. The number of imidazole rings is 1. The molecule has 0 saturated carbocycles. The number of hydrogen-bond acceptors (Lipinski definition) is 3. The average Bonchev–Trinajstić information content (AvgIpc) is 2.73. The number of ether oxygens (including phenoxy) is 1. The molecule has 19 heavy (non-hydrogen) atoms. The summed E-state index contributed by atoms with van der Waals surface area (Å²) in [7, 11) is 1.74. The summed E-state index contributed by atoms with van der Waals surface area (Å²) in [6.45, 7) is 6.96. The van der Waals surface area contributed by atoms with Gasteiger partial charge in [0.2, 0.25) is 0 Å². The molecule has 2 rings (SSSR count). The number of nitrogens with one attached hydrogen (secondary N) is 1. The van der Waals surface area contributed by atoms with Crippen LogP contribution in [0.25, 0.3) is 11.0 Å². The molecule has 0 aliphatic heterocycles. The molecule has 0 radical (unpaired) electrons. The fraction of sp³-hybridized carbons (Fsp3) is 0.533. The molecule has 1 unspecified atom stereocenters. The molecule has 0 aliphatic carbocycles. The molecule has 0 aliphatic rings. The number of hydrogen-bond donors (Lipinski definition) is 1. The Labute approximate surface area is 114 Å². The van der Waals surface area contributed by atoms with Crippen LogP contribution in [-0.2, 0) is 11.3 Å². The Morgan fingerprint density at radius 1 is 1.37 bits per heavy atom. The number of aryl methyl sites for hydroxylation is 1. The first-order valence-electron chi connectivity index (χ1n) is 6.86. The molecule has 1 aromatic carbocycles. The number of para-hydroxylation sites is 2. The summed E-state index contributed by atoms with van der Waals surface area (Å²) >= 11 is 0. The van der Waals surface area contributed by atoms with Gasteiger partial charge in [-0.2, -0.15) is 0 Å². The Hall–Kier alpha value is -1.39. The summed E-state index contributed by atoms with van der Waals surface area (Å²) in [6.07, 6.45) is 1.04. The number of nitrogens with zero attached hydrogens (tertiary/aromatic N) is 2.